The number of anilines is 1. The highest BCUT2D eigenvalue weighted by atomic mass is 32.2. The molecule has 5 nitrogen and oxygen atoms in total. The second-order valence-electron chi connectivity index (χ2n) is 5.58. The Bertz CT molecular complexity index is 882. The first-order valence-electron chi connectivity index (χ1n) is 8.07. The Labute approximate surface area is 160 Å². The van der Waals surface area contributed by atoms with Crippen LogP contribution in [0.4, 0.5) is 5.13 Å². The lowest BCUT2D eigenvalue weighted by atomic mass is 10.1. The Hall–Kier alpha value is -2.38. The van der Waals surface area contributed by atoms with Crippen molar-refractivity contribution in [1.29, 1.82) is 0 Å². The molecule has 0 saturated carbocycles. The molecule has 134 valence electrons. The van der Waals surface area contributed by atoms with E-state index in [-0.39, 0.29) is 5.78 Å². The highest BCUT2D eigenvalue weighted by Crippen LogP contribution is 2.32. The largest absolute Gasteiger partial charge is 0.496 e. The zero-order valence-corrected chi connectivity index (χ0v) is 16.2. The molecule has 0 atom stereocenters. The topological polar surface area (TPSA) is 64.1 Å². The monoisotopic (exact) mass is 385 g/mol. The molecule has 0 fully saturated rings. The molecule has 3 aromatic rings. The minimum atomic E-state index is 0.0437. The Morgan fingerprint density at radius 3 is 2.73 bits per heavy atom. The first-order valence-corrected chi connectivity index (χ1v) is 9.88. The van der Waals surface area contributed by atoms with Crippen molar-refractivity contribution in [1.82, 2.24) is 10.2 Å². The number of thioether (sulfide) groups is 1. The molecule has 7 heteroatoms. The molecular formula is C19H19N3O2S2. The molecule has 0 amide bonds. The Kier molecular flexibility index (Phi) is 6.25. The van der Waals surface area contributed by atoms with Gasteiger partial charge in [0.2, 0.25) is 5.13 Å². The van der Waals surface area contributed by atoms with Crippen LogP contribution in [-0.4, -0.2) is 23.1 Å². The van der Waals surface area contributed by atoms with Crippen molar-refractivity contribution in [3.05, 3.63) is 65.2 Å². The zero-order chi connectivity index (χ0) is 18.4. The summed E-state index contributed by atoms with van der Waals surface area (Å²) in [6, 6.07) is 15.7. The highest BCUT2D eigenvalue weighted by molar-refractivity contribution is 8.00. The van der Waals surface area contributed by atoms with Crippen LogP contribution in [-0.2, 0) is 12.3 Å². The highest BCUT2D eigenvalue weighted by Gasteiger charge is 2.10. The van der Waals surface area contributed by atoms with Crippen LogP contribution in [0.1, 0.15) is 28.4 Å². The number of methoxy groups -OCH3 is 1. The van der Waals surface area contributed by atoms with Gasteiger partial charge < -0.3 is 10.1 Å². The van der Waals surface area contributed by atoms with E-state index in [2.05, 4.69) is 27.6 Å². The molecule has 0 bridgehead atoms. The van der Waals surface area contributed by atoms with Gasteiger partial charge in [-0.05, 0) is 30.7 Å². The number of aromatic nitrogens is 2. The normalized spacial score (nSPS) is 10.5. The summed E-state index contributed by atoms with van der Waals surface area (Å²) in [5.41, 5.74) is 2.85. The van der Waals surface area contributed by atoms with Crippen LogP contribution in [0.3, 0.4) is 0 Å². The van der Waals surface area contributed by atoms with Gasteiger partial charge in [-0.25, -0.2) is 0 Å². The SMILES string of the molecule is COc1ccc(C(C)=O)cc1CSc1nnc(NCc2ccccc2)s1. The molecule has 0 unspecified atom stereocenters. The van der Waals surface area contributed by atoms with E-state index in [1.165, 1.54) is 16.9 Å². The summed E-state index contributed by atoms with van der Waals surface area (Å²) in [7, 11) is 1.63. The average Bonchev–Trinajstić information content (AvgIpc) is 3.13. The van der Waals surface area contributed by atoms with E-state index in [0.717, 1.165) is 20.8 Å². The first-order chi connectivity index (χ1) is 12.7. The van der Waals surface area contributed by atoms with Crippen molar-refractivity contribution in [3.8, 4) is 5.75 Å². The molecule has 0 spiro atoms. The third-order valence-corrected chi connectivity index (χ3v) is 5.79. The van der Waals surface area contributed by atoms with E-state index in [0.29, 0.717) is 17.9 Å². The van der Waals surface area contributed by atoms with Crippen LogP contribution in [0, 0.1) is 0 Å². The Morgan fingerprint density at radius 1 is 1.19 bits per heavy atom. The number of carbonyl (C=O) groups is 1. The van der Waals surface area contributed by atoms with Crippen LogP contribution >= 0.6 is 23.1 Å². The van der Waals surface area contributed by atoms with Crippen LogP contribution in [0.25, 0.3) is 0 Å². The van der Waals surface area contributed by atoms with Crippen LogP contribution in [0.2, 0.25) is 0 Å². The van der Waals surface area contributed by atoms with E-state index in [1.807, 2.05) is 30.3 Å². The minimum Gasteiger partial charge on any atom is -0.496 e. The number of rotatable bonds is 8. The number of nitrogens with zero attached hydrogens (tertiary/aromatic N) is 2. The molecule has 1 heterocycles. The Morgan fingerprint density at radius 2 is 2.00 bits per heavy atom. The predicted molar refractivity (Wildman–Crippen MR) is 106 cm³/mol. The maximum absolute atomic E-state index is 11.6. The fourth-order valence-electron chi connectivity index (χ4n) is 2.36. The molecule has 0 aliphatic carbocycles. The maximum atomic E-state index is 11.6. The van der Waals surface area contributed by atoms with Crippen molar-refractivity contribution in [3.63, 3.8) is 0 Å². The molecule has 0 aliphatic heterocycles. The number of carbonyl (C=O) groups excluding carboxylic acids is 1. The van der Waals surface area contributed by atoms with Gasteiger partial charge >= 0.3 is 0 Å². The number of hydrogen-bond acceptors (Lipinski definition) is 7. The molecule has 0 radical (unpaired) electrons. The smallest absolute Gasteiger partial charge is 0.206 e. The first kappa shape index (κ1) is 18.4. The predicted octanol–water partition coefficient (Wildman–Crippen LogP) is 4.65. The van der Waals surface area contributed by atoms with Crippen molar-refractivity contribution in [2.24, 2.45) is 0 Å². The quantitative estimate of drug-likeness (QED) is 0.450. The maximum Gasteiger partial charge on any atom is 0.206 e. The Balaban J connectivity index is 1.61. The van der Waals surface area contributed by atoms with Crippen molar-refractivity contribution >= 4 is 34.0 Å². The molecule has 2 aromatic carbocycles. The van der Waals surface area contributed by atoms with Gasteiger partial charge in [-0.3, -0.25) is 4.79 Å². The van der Waals surface area contributed by atoms with Crippen molar-refractivity contribution in [2.75, 3.05) is 12.4 Å². The second-order valence-corrected chi connectivity index (χ2v) is 7.78. The lowest BCUT2D eigenvalue weighted by molar-refractivity contribution is 0.101. The van der Waals surface area contributed by atoms with Gasteiger partial charge in [0.05, 0.1) is 7.11 Å². The summed E-state index contributed by atoms with van der Waals surface area (Å²) in [5.74, 6) is 1.48. The summed E-state index contributed by atoms with van der Waals surface area (Å²) in [4.78, 5) is 11.6. The third kappa shape index (κ3) is 4.83. The van der Waals surface area contributed by atoms with Gasteiger partial charge in [-0.2, -0.15) is 0 Å². The van der Waals surface area contributed by atoms with E-state index >= 15 is 0 Å². The standard InChI is InChI=1S/C19H19N3O2S2/c1-13(23)15-8-9-17(24-2)16(10-15)12-25-19-22-21-18(26-19)20-11-14-6-4-3-5-7-14/h3-10H,11-12H2,1-2H3,(H,20,21). The average molecular weight is 386 g/mol. The van der Waals surface area contributed by atoms with Gasteiger partial charge in [0.15, 0.2) is 10.1 Å². The summed E-state index contributed by atoms with van der Waals surface area (Å²) >= 11 is 3.10. The van der Waals surface area contributed by atoms with Gasteiger partial charge in [-0.15, -0.1) is 10.2 Å². The van der Waals surface area contributed by atoms with Gasteiger partial charge in [-0.1, -0.05) is 53.4 Å². The summed E-state index contributed by atoms with van der Waals surface area (Å²) in [5, 5.41) is 12.5. The summed E-state index contributed by atoms with van der Waals surface area (Å²) in [6.07, 6.45) is 0. The summed E-state index contributed by atoms with van der Waals surface area (Å²) in [6.45, 7) is 2.28. The van der Waals surface area contributed by atoms with Gasteiger partial charge in [0, 0.05) is 23.4 Å². The minimum absolute atomic E-state index is 0.0437. The van der Waals surface area contributed by atoms with Gasteiger partial charge in [0.1, 0.15) is 5.75 Å². The molecule has 1 N–H and O–H groups in total. The molecule has 3 rings (SSSR count). The summed E-state index contributed by atoms with van der Waals surface area (Å²) < 4.78 is 6.26. The van der Waals surface area contributed by atoms with Crippen molar-refractivity contribution in [2.45, 2.75) is 23.6 Å². The van der Waals surface area contributed by atoms with Crippen LogP contribution in [0.5, 0.6) is 5.75 Å². The van der Waals surface area contributed by atoms with Gasteiger partial charge in [0.25, 0.3) is 0 Å². The number of hydrogen-bond donors (Lipinski definition) is 1. The third-order valence-electron chi connectivity index (χ3n) is 3.73. The molecular weight excluding hydrogens is 366 g/mol. The van der Waals surface area contributed by atoms with Crippen LogP contribution in [0.15, 0.2) is 52.9 Å². The number of Topliss-reactive ketones (excluding diaryl/α,β-unsaturated/α-hetero) is 1. The fraction of sp³-hybridized carbons (Fsp3) is 0.211. The number of benzene rings is 2. The fourth-order valence-corrected chi connectivity index (χ4v) is 4.09. The second kappa shape index (κ2) is 8.82. The zero-order valence-electron chi connectivity index (χ0n) is 14.6. The number of nitrogens with one attached hydrogen (secondary N) is 1. The van der Waals surface area contributed by atoms with Crippen molar-refractivity contribution < 1.29 is 9.53 Å². The molecule has 0 saturated heterocycles. The number of ether oxygens (including phenoxy) is 1. The van der Waals surface area contributed by atoms with E-state index in [4.69, 9.17) is 4.74 Å². The lowest BCUT2D eigenvalue weighted by Crippen LogP contribution is -1.98. The van der Waals surface area contributed by atoms with Crippen LogP contribution < -0.4 is 10.1 Å². The van der Waals surface area contributed by atoms with E-state index in [9.17, 15) is 4.79 Å². The molecule has 1 aromatic heterocycles. The number of ketones is 1. The van der Waals surface area contributed by atoms with E-state index in [1.54, 1.807) is 31.9 Å². The molecule has 26 heavy (non-hydrogen) atoms. The van der Waals surface area contributed by atoms with E-state index < -0.39 is 0 Å². The molecule has 0 aliphatic rings. The lowest BCUT2D eigenvalue weighted by Gasteiger charge is -2.08.